The van der Waals surface area contributed by atoms with Crippen LogP contribution in [0.5, 0.6) is 0 Å². The van der Waals surface area contributed by atoms with Crippen molar-refractivity contribution in [2.24, 2.45) is 0 Å². The number of nitrogens with one attached hydrogen (secondary N) is 4. The van der Waals surface area contributed by atoms with Crippen LogP contribution >= 0.6 is 0 Å². The molecule has 12 nitrogen and oxygen atoms in total. The summed E-state index contributed by atoms with van der Waals surface area (Å²) in [4.78, 5) is 60.6. The molecule has 5 N–H and O–H groups in total. The van der Waals surface area contributed by atoms with E-state index in [2.05, 4.69) is 25.8 Å². The molecule has 0 aromatic heterocycles. The van der Waals surface area contributed by atoms with Crippen LogP contribution in [-0.2, 0) is 19.2 Å². The molecule has 0 saturated carbocycles. The van der Waals surface area contributed by atoms with Crippen molar-refractivity contribution in [2.45, 2.75) is 70.1 Å². The number of benzene rings is 3. The number of carboxylic acid groups (broad SMARTS) is 1. The van der Waals surface area contributed by atoms with Gasteiger partial charge in [0.25, 0.3) is 0 Å². The molecule has 12 heteroatoms. The van der Waals surface area contributed by atoms with E-state index in [0.717, 1.165) is 40.3 Å². The minimum absolute atomic E-state index is 0.0251. The predicted octanol–water partition coefficient (Wildman–Crippen LogP) is 4.64. The molecule has 1 heterocycles. The summed E-state index contributed by atoms with van der Waals surface area (Å²) < 4.78 is 8.84. The maximum Gasteiger partial charge on any atom is 0.336 e. The van der Waals surface area contributed by atoms with Crippen LogP contribution in [0.15, 0.2) is 65.1 Å². The SMILES string of the molecule is CNC(=O)CCCC(CCCC(=O)NC)c1ccc2c(-c3ccccc3C(=O)O)c3ccc(=[N+](CCCC(=O)NC)CCCC(=O)NC)cc-3oc2c1. The van der Waals surface area contributed by atoms with Gasteiger partial charge in [-0.15, -0.1) is 0 Å². The van der Waals surface area contributed by atoms with Crippen LogP contribution in [-0.4, -0.2) is 76.0 Å². The van der Waals surface area contributed by atoms with Gasteiger partial charge in [-0.25, -0.2) is 9.37 Å². The predicted molar refractivity (Wildman–Crippen MR) is 205 cm³/mol. The molecule has 4 rings (SSSR count). The first-order chi connectivity index (χ1) is 25.6. The van der Waals surface area contributed by atoms with Crippen molar-refractivity contribution in [3.63, 3.8) is 0 Å². The molecule has 4 amide bonds. The Labute approximate surface area is 310 Å². The smallest absolute Gasteiger partial charge is 0.336 e. The molecule has 0 bridgehead atoms. The number of amides is 4. The molecule has 2 aromatic rings. The average molecular weight is 727 g/mol. The quantitative estimate of drug-likeness (QED) is 0.0693. The van der Waals surface area contributed by atoms with Crippen LogP contribution in [0.3, 0.4) is 0 Å². The van der Waals surface area contributed by atoms with Gasteiger partial charge in [0.2, 0.25) is 29.0 Å². The second-order valence-electron chi connectivity index (χ2n) is 13.1. The molecule has 0 spiro atoms. The van der Waals surface area contributed by atoms with E-state index in [1.807, 2.05) is 48.5 Å². The summed E-state index contributed by atoms with van der Waals surface area (Å²) in [6.45, 7) is 1.15. The molecule has 0 fully saturated rings. The molecule has 1 aliphatic heterocycles. The molecule has 0 atom stereocenters. The Morgan fingerprint density at radius 2 is 1.21 bits per heavy atom. The van der Waals surface area contributed by atoms with E-state index < -0.39 is 5.97 Å². The number of carbonyl (C=O) groups is 5. The van der Waals surface area contributed by atoms with E-state index in [4.69, 9.17) is 4.42 Å². The molecule has 2 aromatic carbocycles. The second-order valence-corrected chi connectivity index (χ2v) is 13.1. The summed E-state index contributed by atoms with van der Waals surface area (Å²) in [6, 6.07) is 18.8. The lowest BCUT2D eigenvalue weighted by molar-refractivity contribution is -0.121. The molecule has 0 unspecified atom stereocenters. The fraction of sp³-hybridized carbons (Fsp3) is 0.415. The van der Waals surface area contributed by atoms with Crippen molar-refractivity contribution in [1.29, 1.82) is 0 Å². The topological polar surface area (TPSA) is 170 Å². The highest BCUT2D eigenvalue weighted by atomic mass is 16.4. The largest absolute Gasteiger partial charge is 0.478 e. The van der Waals surface area contributed by atoms with Crippen LogP contribution in [0.1, 0.15) is 86.0 Å². The zero-order valence-electron chi connectivity index (χ0n) is 31.2. The summed E-state index contributed by atoms with van der Waals surface area (Å²) in [6.07, 6.45) is 5.54. The van der Waals surface area contributed by atoms with Crippen molar-refractivity contribution in [3.05, 3.63) is 77.1 Å². The molecular weight excluding hydrogens is 674 g/mol. The van der Waals surface area contributed by atoms with Crippen molar-refractivity contribution >= 4 is 40.6 Å². The fourth-order valence-electron chi connectivity index (χ4n) is 6.75. The maximum atomic E-state index is 12.5. The molecule has 2 aliphatic rings. The average Bonchev–Trinajstić information content (AvgIpc) is 3.17. The lowest BCUT2D eigenvalue weighted by Gasteiger charge is -2.20. The number of carboxylic acids is 1. The Bertz CT molecular complexity index is 1920. The normalized spacial score (nSPS) is 11.0. The van der Waals surface area contributed by atoms with Gasteiger partial charge in [-0.2, -0.15) is 0 Å². The number of aromatic carboxylic acids is 1. The third kappa shape index (κ3) is 11.0. The van der Waals surface area contributed by atoms with Crippen LogP contribution < -0.4 is 31.2 Å². The Hall–Kier alpha value is -5.52. The number of carbonyl (C=O) groups excluding carboxylic acids is 4. The highest BCUT2D eigenvalue weighted by Crippen LogP contribution is 2.42. The van der Waals surface area contributed by atoms with E-state index >= 15 is 0 Å². The van der Waals surface area contributed by atoms with Crippen LogP contribution in [0.2, 0.25) is 0 Å². The number of hydrogen-bond donors (Lipinski definition) is 5. The summed E-state index contributed by atoms with van der Waals surface area (Å²) in [5.74, 6) is -0.577. The monoisotopic (exact) mass is 726 g/mol. The highest BCUT2D eigenvalue weighted by molar-refractivity contribution is 6.07. The van der Waals surface area contributed by atoms with Crippen LogP contribution in [0, 0.1) is 0 Å². The fourth-order valence-corrected chi connectivity index (χ4v) is 6.75. The van der Waals surface area contributed by atoms with Crippen molar-refractivity contribution in [3.8, 4) is 22.5 Å². The van der Waals surface area contributed by atoms with Gasteiger partial charge in [0, 0.05) is 89.3 Å². The zero-order valence-corrected chi connectivity index (χ0v) is 31.2. The first kappa shape index (κ1) is 40.3. The van der Waals surface area contributed by atoms with Gasteiger partial charge in [-0.3, -0.25) is 19.2 Å². The lowest BCUT2D eigenvalue weighted by Crippen LogP contribution is -2.33. The molecule has 1 aliphatic carbocycles. The zero-order chi connectivity index (χ0) is 38.3. The Morgan fingerprint density at radius 3 is 1.75 bits per heavy atom. The lowest BCUT2D eigenvalue weighted by atomic mass is 9.86. The Morgan fingerprint density at radius 1 is 0.660 bits per heavy atom. The van der Waals surface area contributed by atoms with E-state index in [0.29, 0.717) is 81.4 Å². The molecule has 0 radical (unpaired) electrons. The van der Waals surface area contributed by atoms with Crippen molar-refractivity contribution in [1.82, 2.24) is 25.8 Å². The Kier molecular flexibility index (Phi) is 15.1. The number of hydrogen-bond acceptors (Lipinski definition) is 6. The van der Waals surface area contributed by atoms with Gasteiger partial charge in [-0.1, -0.05) is 30.3 Å². The van der Waals surface area contributed by atoms with Crippen LogP contribution in [0.25, 0.3) is 33.4 Å². The minimum atomic E-state index is -1.04. The second kappa shape index (κ2) is 19.9. The van der Waals surface area contributed by atoms with E-state index in [-0.39, 0.29) is 35.1 Å². The van der Waals surface area contributed by atoms with Gasteiger partial charge in [0.1, 0.15) is 24.4 Å². The molecular formula is C41H52N5O7+. The first-order valence-electron chi connectivity index (χ1n) is 18.3. The molecule has 53 heavy (non-hydrogen) atoms. The van der Waals surface area contributed by atoms with Crippen molar-refractivity contribution in [2.75, 3.05) is 41.3 Å². The van der Waals surface area contributed by atoms with Gasteiger partial charge >= 0.3 is 5.97 Å². The molecule has 282 valence electrons. The minimum Gasteiger partial charge on any atom is -0.478 e. The first-order valence-corrected chi connectivity index (χ1v) is 18.3. The Balaban J connectivity index is 1.91. The van der Waals surface area contributed by atoms with Gasteiger partial charge < -0.3 is 30.8 Å². The number of rotatable bonds is 19. The van der Waals surface area contributed by atoms with Gasteiger partial charge in [0.05, 0.1) is 11.6 Å². The summed E-state index contributed by atoms with van der Waals surface area (Å²) in [5.41, 5.74) is 3.79. The maximum absolute atomic E-state index is 12.5. The number of fused-ring (bicyclic) bond motifs is 2. The van der Waals surface area contributed by atoms with E-state index in [9.17, 15) is 29.1 Å². The van der Waals surface area contributed by atoms with Crippen molar-refractivity contribution < 1.29 is 33.5 Å². The summed E-state index contributed by atoms with van der Waals surface area (Å²) in [5, 5.41) is 22.5. The summed E-state index contributed by atoms with van der Waals surface area (Å²) >= 11 is 0. The standard InChI is InChI=1S/C41H51N5O7/c1-42-36(47)15-7-11-27(12-8-16-37(48)43-2)28-19-21-32-34(25-28)53-35-26-29(46(23-9-17-38(49)44-3)24-10-18-39(50)45-4)20-22-33(35)40(32)30-13-5-6-14-31(30)41(51)52/h5-6,13-14,19-22,25-27H,7-12,15-18,23-24H2,1-4H3,(H4-,42,43,44,45,47,48,49,50,51,52)/p+1. The number of nitrogens with zero attached hydrogens (tertiary/aromatic N) is 1. The highest BCUT2D eigenvalue weighted by Gasteiger charge is 2.24. The summed E-state index contributed by atoms with van der Waals surface area (Å²) in [7, 11) is 6.47. The van der Waals surface area contributed by atoms with E-state index in [1.165, 1.54) is 0 Å². The van der Waals surface area contributed by atoms with Crippen LogP contribution in [0.4, 0.5) is 0 Å². The third-order valence-corrected chi connectivity index (χ3v) is 9.68. The van der Waals surface area contributed by atoms with E-state index in [1.54, 1.807) is 40.3 Å². The van der Waals surface area contributed by atoms with Gasteiger partial charge in [-0.05, 0) is 60.9 Å². The third-order valence-electron chi connectivity index (χ3n) is 9.68. The molecule has 0 saturated heterocycles. The van der Waals surface area contributed by atoms with Gasteiger partial charge in [0.15, 0.2) is 0 Å².